The number of halogens is 1. The van der Waals surface area contributed by atoms with Crippen molar-refractivity contribution >= 4 is 40.4 Å². The van der Waals surface area contributed by atoms with Crippen LogP contribution in [0.2, 0.25) is 0 Å². The molecule has 1 aromatic carbocycles. The average Bonchev–Trinajstić information content (AvgIpc) is 2.69. The van der Waals surface area contributed by atoms with E-state index in [4.69, 9.17) is 0 Å². The smallest absolute Gasteiger partial charge is 0.155 e. The molecule has 1 aromatic rings. The topological polar surface area (TPSA) is 29.1 Å². The van der Waals surface area contributed by atoms with Gasteiger partial charge in [0.05, 0.1) is 0 Å². The third kappa shape index (κ3) is 5.23. The fourth-order valence-electron chi connectivity index (χ4n) is 5.80. The van der Waals surface area contributed by atoms with Crippen LogP contribution in [-0.4, -0.2) is 24.3 Å². The molecule has 2 saturated carbocycles. The minimum atomic E-state index is 0.305. The Bertz CT molecular complexity index is 687. The molecule has 0 saturated heterocycles. The molecule has 0 aliphatic heterocycles. The number of ketones is 1. The molecule has 2 aliphatic rings. The molecule has 3 rings (SSSR count). The molecule has 0 spiro atoms. The van der Waals surface area contributed by atoms with E-state index >= 15 is 0 Å². The minimum Gasteiger partial charge on any atom is -0.295 e. The molecule has 154 valence electrons. The molecule has 2 nitrogen and oxygen atoms in total. The molecule has 2 aliphatic carbocycles. The molecular weight excluding hydrogens is 477 g/mol. The number of rotatable bonds is 8. The molecule has 4 heteroatoms. The number of thioether (sulfide) groups is 1. The SMILES string of the molecule is CSCC/C(C(C)=O)=C1/CC[C@@]2(Cc3ccccc3)CCC[C@H](CNI)[C@@H]2C1. The van der Waals surface area contributed by atoms with Crippen LogP contribution in [0.25, 0.3) is 0 Å². The quantitative estimate of drug-likeness (QED) is 0.249. The van der Waals surface area contributed by atoms with Crippen molar-refractivity contribution in [1.82, 2.24) is 3.53 Å². The lowest BCUT2D eigenvalue weighted by Gasteiger charge is -2.52. The van der Waals surface area contributed by atoms with E-state index in [2.05, 4.69) is 63.0 Å². The van der Waals surface area contributed by atoms with E-state index in [0.717, 1.165) is 43.1 Å². The van der Waals surface area contributed by atoms with Crippen LogP contribution in [0, 0.1) is 17.3 Å². The number of carbonyl (C=O) groups is 1. The molecule has 1 N–H and O–H groups in total. The lowest BCUT2D eigenvalue weighted by molar-refractivity contribution is -0.113. The van der Waals surface area contributed by atoms with E-state index in [0.29, 0.717) is 17.1 Å². The maximum Gasteiger partial charge on any atom is 0.155 e. The van der Waals surface area contributed by atoms with Crippen molar-refractivity contribution in [3.8, 4) is 0 Å². The first kappa shape index (κ1) is 22.4. The third-order valence-corrected chi connectivity index (χ3v) is 8.20. The third-order valence-electron chi connectivity index (χ3n) is 7.14. The van der Waals surface area contributed by atoms with Crippen molar-refractivity contribution in [3.63, 3.8) is 0 Å². The lowest BCUT2D eigenvalue weighted by Crippen LogP contribution is -2.46. The molecule has 0 bridgehead atoms. The maximum atomic E-state index is 12.4. The monoisotopic (exact) mass is 511 g/mol. The zero-order valence-electron chi connectivity index (χ0n) is 17.3. The predicted octanol–water partition coefficient (Wildman–Crippen LogP) is 6.39. The van der Waals surface area contributed by atoms with Gasteiger partial charge in [-0.3, -0.25) is 8.32 Å². The summed E-state index contributed by atoms with van der Waals surface area (Å²) in [6, 6.07) is 11.1. The minimum absolute atomic E-state index is 0.305. The van der Waals surface area contributed by atoms with E-state index in [9.17, 15) is 4.79 Å². The Labute approximate surface area is 189 Å². The largest absolute Gasteiger partial charge is 0.295 e. The van der Waals surface area contributed by atoms with E-state index in [1.165, 1.54) is 43.2 Å². The predicted molar refractivity (Wildman–Crippen MR) is 130 cm³/mol. The maximum absolute atomic E-state index is 12.4. The molecule has 0 amide bonds. The first-order valence-corrected chi connectivity index (χ1v) is 13.1. The number of hydrogen-bond acceptors (Lipinski definition) is 3. The van der Waals surface area contributed by atoms with Crippen LogP contribution >= 0.6 is 34.6 Å². The highest BCUT2D eigenvalue weighted by Crippen LogP contribution is 2.56. The van der Waals surface area contributed by atoms with Gasteiger partial charge in [-0.15, -0.1) is 0 Å². The Morgan fingerprint density at radius 1 is 1.29 bits per heavy atom. The van der Waals surface area contributed by atoms with Crippen LogP contribution in [0.3, 0.4) is 0 Å². The molecule has 2 fully saturated rings. The highest BCUT2D eigenvalue weighted by Gasteiger charge is 2.47. The van der Waals surface area contributed by atoms with Gasteiger partial charge in [-0.2, -0.15) is 11.8 Å². The summed E-state index contributed by atoms with van der Waals surface area (Å²) in [6.07, 6.45) is 11.8. The summed E-state index contributed by atoms with van der Waals surface area (Å²) in [5.74, 6) is 2.77. The van der Waals surface area contributed by atoms with Gasteiger partial charge in [-0.25, -0.2) is 0 Å². The van der Waals surface area contributed by atoms with Crippen LogP contribution in [0.5, 0.6) is 0 Å². The van der Waals surface area contributed by atoms with Gasteiger partial charge in [0, 0.05) is 29.4 Å². The molecular formula is C24H34INOS. The highest BCUT2D eigenvalue weighted by molar-refractivity contribution is 14.1. The fraction of sp³-hybridized carbons (Fsp3) is 0.625. The number of allylic oxidation sites excluding steroid dienone is 2. The van der Waals surface area contributed by atoms with Gasteiger partial charge >= 0.3 is 0 Å². The van der Waals surface area contributed by atoms with Gasteiger partial charge in [0.2, 0.25) is 0 Å². The van der Waals surface area contributed by atoms with E-state index < -0.39 is 0 Å². The van der Waals surface area contributed by atoms with Gasteiger partial charge < -0.3 is 0 Å². The molecule has 0 unspecified atom stereocenters. The summed E-state index contributed by atoms with van der Waals surface area (Å²) >= 11 is 4.16. The van der Waals surface area contributed by atoms with Gasteiger partial charge in [-0.05, 0) is 92.3 Å². The molecule has 28 heavy (non-hydrogen) atoms. The Morgan fingerprint density at radius 3 is 2.75 bits per heavy atom. The van der Waals surface area contributed by atoms with Gasteiger partial charge in [0.1, 0.15) is 0 Å². The summed E-state index contributed by atoms with van der Waals surface area (Å²) < 4.78 is 3.44. The molecule has 0 radical (unpaired) electrons. The lowest BCUT2D eigenvalue weighted by atomic mass is 9.53. The number of nitrogens with one attached hydrogen (secondary N) is 1. The van der Waals surface area contributed by atoms with Gasteiger partial charge in [0.15, 0.2) is 5.78 Å². The normalized spacial score (nSPS) is 29.2. The second-order valence-corrected chi connectivity index (χ2v) is 10.5. The van der Waals surface area contributed by atoms with Crippen molar-refractivity contribution in [1.29, 1.82) is 0 Å². The Hall–Kier alpha value is -0.330. The van der Waals surface area contributed by atoms with Crippen molar-refractivity contribution in [2.45, 2.75) is 58.3 Å². The van der Waals surface area contributed by atoms with Crippen LogP contribution in [0.1, 0.15) is 57.4 Å². The standard InChI is InChI=1S/C24H34INOS/c1-18(27)22(11-14-28-2)20-10-13-24(16-19-7-4-3-5-8-19)12-6-9-21(17-26-25)23(24)15-20/h3-5,7-8,21,23,26H,6,9-17H2,1-2H3/b22-20+/t21-,23+,24-/m1/s1. The Kier molecular flexibility index (Phi) is 8.48. The summed E-state index contributed by atoms with van der Waals surface area (Å²) in [7, 11) is 0. The van der Waals surface area contributed by atoms with Gasteiger partial charge in [-0.1, -0.05) is 42.3 Å². The summed E-state index contributed by atoms with van der Waals surface area (Å²) in [5, 5.41) is 0. The number of carbonyl (C=O) groups excluding carboxylic acids is 1. The number of Topliss-reactive ketones (excluding diaryl/α,β-unsaturated/α-hetero) is 1. The number of benzene rings is 1. The molecule has 0 aromatic heterocycles. The van der Waals surface area contributed by atoms with E-state index in [-0.39, 0.29) is 0 Å². The second-order valence-electron chi connectivity index (χ2n) is 8.71. The van der Waals surface area contributed by atoms with E-state index in [1.54, 1.807) is 6.92 Å². The number of hydrogen-bond donors (Lipinski definition) is 1. The van der Waals surface area contributed by atoms with Crippen LogP contribution in [-0.2, 0) is 11.2 Å². The Balaban J connectivity index is 1.91. The van der Waals surface area contributed by atoms with Crippen molar-refractivity contribution in [2.24, 2.45) is 17.3 Å². The van der Waals surface area contributed by atoms with Crippen molar-refractivity contribution < 1.29 is 4.79 Å². The Morgan fingerprint density at radius 2 is 2.07 bits per heavy atom. The zero-order valence-corrected chi connectivity index (χ0v) is 20.3. The van der Waals surface area contributed by atoms with Crippen LogP contribution in [0.15, 0.2) is 41.5 Å². The fourth-order valence-corrected chi connectivity index (χ4v) is 6.77. The van der Waals surface area contributed by atoms with Crippen LogP contribution in [0.4, 0.5) is 0 Å². The van der Waals surface area contributed by atoms with Gasteiger partial charge in [0.25, 0.3) is 0 Å². The van der Waals surface area contributed by atoms with Crippen molar-refractivity contribution in [3.05, 3.63) is 47.0 Å². The zero-order chi connectivity index (χ0) is 20.0. The number of fused-ring (bicyclic) bond motifs is 1. The van der Waals surface area contributed by atoms with E-state index in [1.807, 2.05) is 11.8 Å². The average molecular weight is 512 g/mol. The first-order valence-electron chi connectivity index (χ1n) is 10.7. The second kappa shape index (κ2) is 10.6. The van der Waals surface area contributed by atoms with Crippen molar-refractivity contribution in [2.75, 3.05) is 18.6 Å². The summed E-state index contributed by atoms with van der Waals surface area (Å²) in [5.41, 5.74) is 4.52. The highest BCUT2D eigenvalue weighted by atomic mass is 127. The first-order chi connectivity index (χ1) is 13.6. The summed E-state index contributed by atoms with van der Waals surface area (Å²) in [6.45, 7) is 2.87. The summed E-state index contributed by atoms with van der Waals surface area (Å²) in [4.78, 5) is 12.4. The molecule has 3 atom stereocenters. The van der Waals surface area contributed by atoms with Crippen LogP contribution < -0.4 is 3.53 Å². The molecule has 0 heterocycles.